The Hall–Kier alpha value is -2.10. The Balaban J connectivity index is 1.55. The molecule has 0 saturated carbocycles. The molecule has 2 aliphatic rings. The molecular weight excluding hydrogens is 484 g/mol. The number of rotatable bonds is 6. The topological polar surface area (TPSA) is 102 Å². The van der Waals surface area contributed by atoms with E-state index in [0.29, 0.717) is 33.7 Å². The summed E-state index contributed by atoms with van der Waals surface area (Å²) in [6.45, 7) is 3.79. The average Bonchev–Trinajstić information content (AvgIpc) is 3.27. The monoisotopic (exact) mass is 510 g/mol. The van der Waals surface area contributed by atoms with Gasteiger partial charge >= 0.3 is 0 Å². The largest absolute Gasteiger partial charge is 0.479 e. The number of fused-ring (bicyclic) bond motifs is 1. The van der Waals surface area contributed by atoms with Gasteiger partial charge in [-0.3, -0.25) is 9.59 Å². The van der Waals surface area contributed by atoms with E-state index in [2.05, 4.69) is 17.6 Å². The molecule has 0 bridgehead atoms. The number of para-hydroxylation sites is 1. The van der Waals surface area contributed by atoms with Crippen LogP contribution in [0.1, 0.15) is 47.5 Å². The first-order valence-electron chi connectivity index (χ1n) is 11.0. The Kier molecular flexibility index (Phi) is 7.02. The first-order chi connectivity index (χ1) is 15.6. The summed E-state index contributed by atoms with van der Waals surface area (Å²) in [7, 11) is -3.12. The quantitative estimate of drug-likeness (QED) is 0.614. The highest BCUT2D eigenvalue weighted by atomic mass is 35.5. The van der Waals surface area contributed by atoms with Crippen molar-refractivity contribution < 1.29 is 22.7 Å². The van der Waals surface area contributed by atoms with Crippen LogP contribution in [0.4, 0.5) is 5.00 Å². The summed E-state index contributed by atoms with van der Waals surface area (Å²) in [5.74, 6) is 0.210. The molecule has 10 heteroatoms. The Bertz CT molecular complexity index is 1180. The summed E-state index contributed by atoms with van der Waals surface area (Å²) in [6.07, 6.45) is 2.13. The molecule has 7 nitrogen and oxygen atoms in total. The predicted octanol–water partition coefficient (Wildman–Crippen LogP) is 3.85. The molecule has 2 amide bonds. The van der Waals surface area contributed by atoms with E-state index in [4.69, 9.17) is 16.3 Å². The number of halogens is 1. The van der Waals surface area contributed by atoms with Crippen molar-refractivity contribution in [1.29, 1.82) is 0 Å². The van der Waals surface area contributed by atoms with Crippen molar-refractivity contribution in [3.8, 4) is 5.75 Å². The number of amides is 2. The van der Waals surface area contributed by atoms with Crippen LogP contribution in [-0.4, -0.2) is 43.9 Å². The minimum Gasteiger partial charge on any atom is -0.479 e. The van der Waals surface area contributed by atoms with Crippen LogP contribution >= 0.6 is 22.9 Å². The van der Waals surface area contributed by atoms with E-state index in [1.807, 2.05) is 0 Å². The number of anilines is 1. The summed E-state index contributed by atoms with van der Waals surface area (Å²) in [6, 6.07) is 6.50. The highest BCUT2D eigenvalue weighted by Crippen LogP contribution is 2.40. The second-order valence-corrected chi connectivity index (χ2v) is 12.6. The zero-order chi connectivity index (χ0) is 23.8. The van der Waals surface area contributed by atoms with E-state index in [0.717, 1.165) is 29.7 Å². The van der Waals surface area contributed by atoms with Gasteiger partial charge in [0, 0.05) is 10.9 Å². The summed E-state index contributed by atoms with van der Waals surface area (Å²) in [5, 5.41) is 6.64. The van der Waals surface area contributed by atoms with Crippen LogP contribution in [0.5, 0.6) is 5.75 Å². The predicted molar refractivity (Wildman–Crippen MR) is 130 cm³/mol. The third-order valence-corrected chi connectivity index (χ3v) is 9.30. The maximum atomic E-state index is 13.2. The van der Waals surface area contributed by atoms with Crippen molar-refractivity contribution in [2.45, 2.75) is 51.7 Å². The zero-order valence-corrected chi connectivity index (χ0v) is 20.9. The number of nitrogens with one attached hydrogen (secondary N) is 2. The van der Waals surface area contributed by atoms with Crippen LogP contribution in [0.25, 0.3) is 0 Å². The van der Waals surface area contributed by atoms with Crippen molar-refractivity contribution in [3.63, 3.8) is 0 Å². The molecule has 4 rings (SSSR count). The molecular formula is C23H27ClN2O5S2. The number of ether oxygens (including phenoxy) is 1. The molecule has 1 saturated heterocycles. The summed E-state index contributed by atoms with van der Waals surface area (Å²) in [4.78, 5) is 27.3. The summed E-state index contributed by atoms with van der Waals surface area (Å²) in [5.41, 5.74) is 1.40. The van der Waals surface area contributed by atoms with Gasteiger partial charge in [-0.05, 0) is 56.2 Å². The molecule has 2 N–H and O–H groups in total. The molecule has 1 aliphatic carbocycles. The Morgan fingerprint density at radius 2 is 2.00 bits per heavy atom. The van der Waals surface area contributed by atoms with Gasteiger partial charge in [0.1, 0.15) is 10.8 Å². The molecule has 0 spiro atoms. The number of sulfone groups is 1. The number of hydrogen-bond donors (Lipinski definition) is 2. The number of thiophene rings is 1. The molecule has 2 heterocycles. The summed E-state index contributed by atoms with van der Waals surface area (Å²) >= 11 is 7.55. The first-order valence-corrected chi connectivity index (χ1v) is 14.0. The Labute approximate surface area is 202 Å². The molecule has 0 radical (unpaired) electrons. The van der Waals surface area contributed by atoms with Gasteiger partial charge in [-0.1, -0.05) is 30.7 Å². The second-order valence-electron chi connectivity index (χ2n) is 8.81. The number of benzene rings is 1. The maximum absolute atomic E-state index is 13.2. The summed E-state index contributed by atoms with van der Waals surface area (Å²) < 4.78 is 29.3. The second kappa shape index (κ2) is 9.64. The van der Waals surface area contributed by atoms with Crippen LogP contribution in [-0.2, 0) is 27.5 Å². The van der Waals surface area contributed by atoms with Crippen molar-refractivity contribution in [2.24, 2.45) is 5.92 Å². The van der Waals surface area contributed by atoms with E-state index in [9.17, 15) is 18.0 Å². The molecule has 33 heavy (non-hydrogen) atoms. The van der Waals surface area contributed by atoms with Gasteiger partial charge in [0.05, 0.1) is 22.1 Å². The van der Waals surface area contributed by atoms with E-state index in [1.165, 1.54) is 11.3 Å². The molecule has 178 valence electrons. The molecule has 3 atom stereocenters. The lowest BCUT2D eigenvalue weighted by atomic mass is 9.88. The minimum absolute atomic E-state index is 0.0491. The Morgan fingerprint density at radius 1 is 1.24 bits per heavy atom. The molecule has 2 aromatic rings. The van der Waals surface area contributed by atoms with Crippen LogP contribution in [0.3, 0.4) is 0 Å². The maximum Gasteiger partial charge on any atom is 0.265 e. The number of carbonyl (C=O) groups excluding carboxylic acids is 2. The van der Waals surface area contributed by atoms with Gasteiger partial charge in [0.2, 0.25) is 0 Å². The molecule has 1 aliphatic heterocycles. The van der Waals surface area contributed by atoms with Crippen LogP contribution in [0.15, 0.2) is 24.3 Å². The fourth-order valence-corrected chi connectivity index (χ4v) is 7.51. The van der Waals surface area contributed by atoms with Gasteiger partial charge < -0.3 is 15.4 Å². The lowest BCUT2D eigenvalue weighted by molar-refractivity contribution is -0.122. The van der Waals surface area contributed by atoms with E-state index >= 15 is 0 Å². The molecule has 1 fully saturated rings. The van der Waals surface area contributed by atoms with E-state index < -0.39 is 22.0 Å². The smallest absolute Gasteiger partial charge is 0.265 e. The fraction of sp³-hybridized carbons (Fsp3) is 0.478. The van der Waals surface area contributed by atoms with E-state index in [-0.39, 0.29) is 23.3 Å². The van der Waals surface area contributed by atoms with E-state index in [1.54, 1.807) is 31.2 Å². The first kappa shape index (κ1) is 24.0. The van der Waals surface area contributed by atoms with Crippen molar-refractivity contribution >= 4 is 49.6 Å². The van der Waals surface area contributed by atoms with Crippen molar-refractivity contribution in [1.82, 2.24) is 5.32 Å². The highest BCUT2D eigenvalue weighted by Gasteiger charge is 2.33. The van der Waals surface area contributed by atoms with Gasteiger partial charge in [0.15, 0.2) is 15.9 Å². The van der Waals surface area contributed by atoms with Gasteiger partial charge in [-0.25, -0.2) is 8.42 Å². The van der Waals surface area contributed by atoms with Gasteiger partial charge in [-0.2, -0.15) is 0 Å². The van der Waals surface area contributed by atoms with Crippen LogP contribution in [0.2, 0.25) is 5.02 Å². The van der Waals surface area contributed by atoms with Gasteiger partial charge in [0.25, 0.3) is 11.8 Å². The lowest BCUT2D eigenvalue weighted by Gasteiger charge is -2.19. The van der Waals surface area contributed by atoms with Crippen LogP contribution in [0, 0.1) is 5.92 Å². The third-order valence-electron chi connectivity index (χ3n) is 6.05. The van der Waals surface area contributed by atoms with Gasteiger partial charge in [-0.15, -0.1) is 11.3 Å². The minimum atomic E-state index is -3.12. The average molecular weight is 511 g/mol. The fourth-order valence-electron chi connectivity index (χ4n) is 4.24. The lowest BCUT2D eigenvalue weighted by Crippen LogP contribution is -2.37. The molecule has 3 unspecified atom stereocenters. The molecule has 1 aromatic heterocycles. The van der Waals surface area contributed by atoms with Crippen LogP contribution < -0.4 is 15.4 Å². The zero-order valence-electron chi connectivity index (χ0n) is 18.5. The number of carbonyl (C=O) groups is 2. The Morgan fingerprint density at radius 3 is 2.70 bits per heavy atom. The standard InChI is InChI=1S/C23H27ClN2O5S2/c1-13-7-8-16-19(11-13)32-23(20(16)22(28)25-15-9-10-33(29,30)12-15)26-21(27)14(2)31-18-6-4-3-5-17(18)24/h3-6,13-15H,7-12H2,1-2H3,(H,25,28)(H,26,27). The third kappa shape index (κ3) is 5.53. The highest BCUT2D eigenvalue weighted by molar-refractivity contribution is 7.91. The van der Waals surface area contributed by atoms with Crippen molar-refractivity contribution in [3.05, 3.63) is 45.3 Å². The SMILES string of the molecule is CC1CCc2c(sc(NC(=O)C(C)Oc3ccccc3Cl)c2C(=O)NC2CCS(=O)(=O)C2)C1. The normalized spacial score (nSPS) is 22.3. The molecule has 1 aromatic carbocycles. The van der Waals surface area contributed by atoms with Crippen molar-refractivity contribution in [2.75, 3.05) is 16.8 Å². The number of hydrogen-bond acceptors (Lipinski definition) is 6.